The Kier molecular flexibility index (Phi) is 7.88. The molecule has 0 saturated carbocycles. The largest absolute Gasteiger partial charge is 0.493 e. The van der Waals surface area contributed by atoms with Gasteiger partial charge >= 0.3 is 5.97 Å². The van der Waals surface area contributed by atoms with E-state index in [0.29, 0.717) is 21.5 Å². The summed E-state index contributed by atoms with van der Waals surface area (Å²) in [6.45, 7) is 3.57. The fraction of sp³-hybridized carbons (Fsp3) is 0.500. The zero-order valence-electron chi connectivity index (χ0n) is 13.8. The van der Waals surface area contributed by atoms with Gasteiger partial charge in [0.25, 0.3) is 5.91 Å². The predicted molar refractivity (Wildman–Crippen MR) is 89.8 cm³/mol. The fourth-order valence-corrected chi connectivity index (χ4v) is 2.27. The first kappa shape index (κ1) is 19.3. The third-order valence-electron chi connectivity index (χ3n) is 3.27. The summed E-state index contributed by atoms with van der Waals surface area (Å²) in [5, 5.41) is 2.73. The molecule has 0 radical (unpaired) electrons. The van der Waals surface area contributed by atoms with Crippen LogP contribution in [0.5, 0.6) is 11.5 Å². The van der Waals surface area contributed by atoms with Gasteiger partial charge in [-0.25, -0.2) is 0 Å². The molecule has 0 aliphatic carbocycles. The minimum absolute atomic E-state index is 0.0253. The van der Waals surface area contributed by atoms with Crippen LogP contribution >= 0.6 is 15.9 Å². The molecular formula is C16H22BrNO5. The second-order valence-electron chi connectivity index (χ2n) is 5.01. The molecule has 0 aliphatic heterocycles. The minimum atomic E-state index is -0.489. The lowest BCUT2D eigenvalue weighted by Gasteiger charge is -2.13. The van der Waals surface area contributed by atoms with E-state index in [0.717, 1.165) is 6.42 Å². The molecule has 1 unspecified atom stereocenters. The van der Waals surface area contributed by atoms with Gasteiger partial charge in [-0.1, -0.05) is 22.9 Å². The third-order valence-corrected chi connectivity index (χ3v) is 4.01. The van der Waals surface area contributed by atoms with Crippen molar-refractivity contribution < 1.29 is 23.8 Å². The summed E-state index contributed by atoms with van der Waals surface area (Å²) < 4.78 is 16.1. The average Bonchev–Trinajstić information content (AvgIpc) is 2.54. The van der Waals surface area contributed by atoms with Crippen molar-refractivity contribution in [3.8, 4) is 11.5 Å². The molecule has 1 atom stereocenters. The molecule has 0 spiro atoms. The van der Waals surface area contributed by atoms with E-state index in [2.05, 4.69) is 21.2 Å². The maximum Gasteiger partial charge on any atom is 0.310 e. The van der Waals surface area contributed by atoms with E-state index < -0.39 is 5.97 Å². The quantitative estimate of drug-likeness (QED) is 0.693. The Balaban J connectivity index is 2.62. The first-order valence-electron chi connectivity index (χ1n) is 7.26. The molecule has 1 N–H and O–H groups in total. The van der Waals surface area contributed by atoms with Gasteiger partial charge in [0.15, 0.2) is 18.1 Å². The molecule has 128 valence electrons. The van der Waals surface area contributed by atoms with Crippen molar-refractivity contribution in [1.82, 2.24) is 5.32 Å². The summed E-state index contributed by atoms with van der Waals surface area (Å²) in [7, 11) is 3.06. The molecular weight excluding hydrogens is 366 g/mol. The number of benzene rings is 1. The smallest absolute Gasteiger partial charge is 0.310 e. The van der Waals surface area contributed by atoms with Gasteiger partial charge in [0.05, 0.1) is 20.6 Å². The zero-order chi connectivity index (χ0) is 17.4. The highest BCUT2D eigenvalue weighted by atomic mass is 79.9. The van der Waals surface area contributed by atoms with Crippen molar-refractivity contribution >= 4 is 27.8 Å². The second-order valence-corrected chi connectivity index (χ2v) is 5.87. The molecule has 0 aliphatic rings. The van der Waals surface area contributed by atoms with Gasteiger partial charge in [-0.05, 0) is 31.0 Å². The number of amides is 1. The van der Waals surface area contributed by atoms with E-state index >= 15 is 0 Å². The van der Waals surface area contributed by atoms with Gasteiger partial charge in [-0.3, -0.25) is 9.59 Å². The second kappa shape index (κ2) is 9.39. The summed E-state index contributed by atoms with van der Waals surface area (Å²) >= 11 is 3.38. The summed E-state index contributed by atoms with van der Waals surface area (Å²) in [6, 6.07) is 3.47. The van der Waals surface area contributed by atoms with Crippen LogP contribution in [0.25, 0.3) is 0 Å². The van der Waals surface area contributed by atoms with Crippen LogP contribution in [-0.4, -0.2) is 38.7 Å². The lowest BCUT2D eigenvalue weighted by atomic mass is 10.1. The van der Waals surface area contributed by atoms with E-state index in [1.165, 1.54) is 14.2 Å². The number of ether oxygens (including phenoxy) is 3. The van der Waals surface area contributed by atoms with Gasteiger partial charge in [-0.2, -0.15) is 0 Å². The van der Waals surface area contributed by atoms with Gasteiger partial charge in [-0.15, -0.1) is 0 Å². The van der Waals surface area contributed by atoms with Crippen LogP contribution in [0.1, 0.15) is 25.8 Å². The van der Waals surface area contributed by atoms with Crippen LogP contribution in [0.2, 0.25) is 0 Å². The number of hydrogen-bond donors (Lipinski definition) is 1. The molecule has 0 heterocycles. The van der Waals surface area contributed by atoms with Crippen molar-refractivity contribution in [2.45, 2.75) is 32.7 Å². The molecule has 0 saturated heterocycles. The number of carbonyl (C=O) groups is 2. The molecule has 7 heteroatoms. The fourth-order valence-electron chi connectivity index (χ4n) is 1.80. The molecule has 23 heavy (non-hydrogen) atoms. The Bertz CT molecular complexity index is 562. The molecule has 0 bridgehead atoms. The van der Waals surface area contributed by atoms with Crippen molar-refractivity contribution in [3.63, 3.8) is 0 Å². The van der Waals surface area contributed by atoms with E-state index in [1.807, 2.05) is 13.8 Å². The Morgan fingerprint density at radius 1 is 1.22 bits per heavy atom. The van der Waals surface area contributed by atoms with Gasteiger partial charge in [0.1, 0.15) is 0 Å². The summed E-state index contributed by atoms with van der Waals surface area (Å²) in [5.41, 5.74) is 0.690. The Hall–Kier alpha value is -1.76. The molecule has 1 aromatic rings. The maximum absolute atomic E-state index is 11.9. The number of methoxy groups -OCH3 is 2. The highest BCUT2D eigenvalue weighted by molar-refractivity contribution is 9.10. The molecule has 0 fully saturated rings. The predicted octanol–water partition coefficient (Wildman–Crippen LogP) is 2.47. The number of nitrogens with one attached hydrogen (secondary N) is 1. The van der Waals surface area contributed by atoms with E-state index in [4.69, 9.17) is 14.2 Å². The van der Waals surface area contributed by atoms with Gasteiger partial charge in [0.2, 0.25) is 0 Å². The number of rotatable bonds is 8. The maximum atomic E-state index is 11.9. The first-order chi connectivity index (χ1) is 10.9. The van der Waals surface area contributed by atoms with Crippen molar-refractivity contribution in [2.75, 3.05) is 20.8 Å². The summed E-state index contributed by atoms with van der Waals surface area (Å²) in [4.78, 5) is 23.5. The van der Waals surface area contributed by atoms with E-state index in [-0.39, 0.29) is 25.0 Å². The third kappa shape index (κ3) is 6.09. The van der Waals surface area contributed by atoms with Crippen LogP contribution in [0.15, 0.2) is 16.6 Å². The highest BCUT2D eigenvalue weighted by Gasteiger charge is 2.15. The van der Waals surface area contributed by atoms with E-state index in [9.17, 15) is 9.59 Å². The normalized spacial score (nSPS) is 11.5. The molecule has 6 nitrogen and oxygen atoms in total. The van der Waals surface area contributed by atoms with Gasteiger partial charge in [0, 0.05) is 10.5 Å². The highest BCUT2D eigenvalue weighted by Crippen LogP contribution is 2.33. The molecule has 0 aromatic heterocycles. The Labute approximate surface area is 144 Å². The standard InChI is InChI=1S/C16H22BrNO5/c1-5-10(2)18-15(19)9-23-16(20)7-11-6-13(21-3)14(22-4)8-12(11)17/h6,8,10H,5,7,9H2,1-4H3,(H,18,19). The monoisotopic (exact) mass is 387 g/mol. The SMILES string of the molecule is CCC(C)NC(=O)COC(=O)Cc1cc(OC)c(OC)cc1Br. The average molecular weight is 388 g/mol. The number of esters is 1. The Morgan fingerprint density at radius 3 is 2.39 bits per heavy atom. The lowest BCUT2D eigenvalue weighted by molar-refractivity contribution is -0.148. The van der Waals surface area contributed by atoms with Crippen molar-refractivity contribution in [3.05, 3.63) is 22.2 Å². The van der Waals surface area contributed by atoms with E-state index in [1.54, 1.807) is 12.1 Å². The van der Waals surface area contributed by atoms with Crippen molar-refractivity contribution in [2.24, 2.45) is 0 Å². The van der Waals surface area contributed by atoms with Crippen LogP contribution in [0.3, 0.4) is 0 Å². The topological polar surface area (TPSA) is 73.9 Å². The molecule has 1 amide bonds. The summed E-state index contributed by atoms with van der Waals surface area (Å²) in [6.07, 6.45) is 0.843. The number of hydrogen-bond acceptors (Lipinski definition) is 5. The minimum Gasteiger partial charge on any atom is -0.493 e. The van der Waals surface area contributed by atoms with Crippen LogP contribution in [-0.2, 0) is 20.7 Å². The summed E-state index contributed by atoms with van der Waals surface area (Å²) in [5.74, 6) is 0.286. The van der Waals surface area contributed by atoms with Crippen LogP contribution < -0.4 is 14.8 Å². The van der Waals surface area contributed by atoms with Crippen molar-refractivity contribution in [1.29, 1.82) is 0 Å². The Morgan fingerprint density at radius 2 is 1.83 bits per heavy atom. The number of halogens is 1. The van der Waals surface area contributed by atoms with Crippen LogP contribution in [0.4, 0.5) is 0 Å². The first-order valence-corrected chi connectivity index (χ1v) is 8.05. The van der Waals surface area contributed by atoms with Crippen LogP contribution in [0, 0.1) is 0 Å². The van der Waals surface area contributed by atoms with Gasteiger partial charge < -0.3 is 19.5 Å². The lowest BCUT2D eigenvalue weighted by Crippen LogP contribution is -2.35. The number of carbonyl (C=O) groups excluding carboxylic acids is 2. The molecule has 1 rings (SSSR count). The zero-order valence-corrected chi connectivity index (χ0v) is 15.4. The molecule has 1 aromatic carbocycles.